The lowest BCUT2D eigenvalue weighted by molar-refractivity contribution is 0.0925. The van der Waals surface area contributed by atoms with Gasteiger partial charge in [-0.1, -0.05) is 0 Å². The number of nitrogens with one attached hydrogen (secondary N) is 1. The van der Waals surface area contributed by atoms with E-state index in [4.69, 9.17) is 4.42 Å². The number of furan rings is 1. The van der Waals surface area contributed by atoms with Crippen LogP contribution in [0.5, 0.6) is 0 Å². The average Bonchev–Trinajstić information content (AvgIpc) is 2.88. The van der Waals surface area contributed by atoms with Gasteiger partial charge >= 0.3 is 0 Å². The SMILES string of the molecule is Cn1cnnc1CCNC(=O)c1ccc(Br)o1. The van der Waals surface area contributed by atoms with Crippen molar-refractivity contribution in [3.63, 3.8) is 0 Å². The van der Waals surface area contributed by atoms with E-state index < -0.39 is 0 Å². The van der Waals surface area contributed by atoms with Gasteiger partial charge in [0, 0.05) is 20.0 Å². The van der Waals surface area contributed by atoms with Gasteiger partial charge in [0.15, 0.2) is 10.4 Å². The third kappa shape index (κ3) is 2.94. The van der Waals surface area contributed by atoms with Gasteiger partial charge in [-0.25, -0.2) is 0 Å². The van der Waals surface area contributed by atoms with Crippen LogP contribution in [0.1, 0.15) is 16.4 Å². The maximum absolute atomic E-state index is 11.6. The summed E-state index contributed by atoms with van der Waals surface area (Å²) in [5.41, 5.74) is 0. The van der Waals surface area contributed by atoms with Gasteiger partial charge in [-0.2, -0.15) is 0 Å². The van der Waals surface area contributed by atoms with Gasteiger partial charge in [0.05, 0.1) is 0 Å². The molecule has 6 nitrogen and oxygen atoms in total. The number of aryl methyl sites for hydroxylation is 1. The second-order valence-corrected chi connectivity index (χ2v) is 4.25. The summed E-state index contributed by atoms with van der Waals surface area (Å²) in [5.74, 6) is 0.874. The van der Waals surface area contributed by atoms with Crippen molar-refractivity contribution in [1.29, 1.82) is 0 Å². The zero-order chi connectivity index (χ0) is 12.3. The van der Waals surface area contributed by atoms with Crippen molar-refractivity contribution in [2.24, 2.45) is 7.05 Å². The number of rotatable bonds is 4. The highest BCUT2D eigenvalue weighted by atomic mass is 79.9. The van der Waals surface area contributed by atoms with Crippen LogP contribution >= 0.6 is 15.9 Å². The van der Waals surface area contributed by atoms with Crippen LogP contribution in [-0.2, 0) is 13.5 Å². The van der Waals surface area contributed by atoms with Crippen molar-refractivity contribution in [2.45, 2.75) is 6.42 Å². The molecule has 90 valence electrons. The first kappa shape index (κ1) is 11.8. The molecule has 0 spiro atoms. The zero-order valence-electron chi connectivity index (χ0n) is 9.18. The van der Waals surface area contributed by atoms with Gasteiger partial charge in [0.2, 0.25) is 0 Å². The summed E-state index contributed by atoms with van der Waals surface area (Å²) in [6.45, 7) is 0.490. The molecular formula is C10H11BrN4O2. The Balaban J connectivity index is 1.83. The zero-order valence-corrected chi connectivity index (χ0v) is 10.8. The van der Waals surface area contributed by atoms with Gasteiger partial charge in [-0.15, -0.1) is 10.2 Å². The largest absolute Gasteiger partial charge is 0.444 e. The Morgan fingerprint density at radius 2 is 2.41 bits per heavy atom. The molecule has 0 fully saturated rings. The molecule has 0 aromatic carbocycles. The van der Waals surface area contributed by atoms with E-state index in [-0.39, 0.29) is 11.7 Å². The highest BCUT2D eigenvalue weighted by molar-refractivity contribution is 9.10. The molecule has 17 heavy (non-hydrogen) atoms. The molecule has 2 aromatic heterocycles. The summed E-state index contributed by atoms with van der Waals surface area (Å²) in [7, 11) is 1.86. The number of hydrogen-bond donors (Lipinski definition) is 1. The van der Waals surface area contributed by atoms with Crippen LogP contribution in [-0.4, -0.2) is 27.2 Å². The first-order valence-electron chi connectivity index (χ1n) is 5.03. The maximum Gasteiger partial charge on any atom is 0.287 e. The van der Waals surface area contributed by atoms with Crippen molar-refractivity contribution in [3.8, 4) is 0 Å². The molecule has 2 aromatic rings. The van der Waals surface area contributed by atoms with E-state index in [0.717, 1.165) is 5.82 Å². The van der Waals surface area contributed by atoms with Crippen molar-refractivity contribution >= 4 is 21.8 Å². The quantitative estimate of drug-likeness (QED) is 0.919. The lowest BCUT2D eigenvalue weighted by Crippen LogP contribution is -2.25. The third-order valence-corrected chi connectivity index (χ3v) is 2.66. The molecule has 0 atom stereocenters. The summed E-state index contributed by atoms with van der Waals surface area (Å²) in [6, 6.07) is 3.29. The topological polar surface area (TPSA) is 73.0 Å². The van der Waals surface area contributed by atoms with Crippen LogP contribution in [0.15, 0.2) is 27.5 Å². The summed E-state index contributed by atoms with van der Waals surface area (Å²) >= 11 is 3.14. The molecule has 0 saturated heterocycles. The molecule has 0 unspecified atom stereocenters. The molecule has 7 heteroatoms. The smallest absolute Gasteiger partial charge is 0.287 e. The first-order chi connectivity index (χ1) is 8.16. The molecule has 1 amide bonds. The van der Waals surface area contributed by atoms with Crippen LogP contribution < -0.4 is 5.32 Å². The van der Waals surface area contributed by atoms with Crippen LogP contribution in [0.2, 0.25) is 0 Å². The lowest BCUT2D eigenvalue weighted by Gasteiger charge is -2.02. The predicted molar refractivity (Wildman–Crippen MR) is 63.4 cm³/mol. The molecule has 2 rings (SSSR count). The number of aromatic nitrogens is 3. The second-order valence-electron chi connectivity index (χ2n) is 3.47. The van der Waals surface area contributed by atoms with E-state index in [1.54, 1.807) is 18.5 Å². The Hall–Kier alpha value is -1.63. The average molecular weight is 299 g/mol. The monoisotopic (exact) mass is 298 g/mol. The maximum atomic E-state index is 11.6. The van der Waals surface area contributed by atoms with E-state index in [9.17, 15) is 4.79 Å². The summed E-state index contributed by atoms with van der Waals surface area (Å²) in [4.78, 5) is 11.6. The predicted octanol–water partition coefficient (Wildman–Crippen LogP) is 1.14. The Kier molecular flexibility index (Phi) is 3.58. The standard InChI is InChI=1S/C10H11BrN4O2/c1-15-6-13-14-9(15)4-5-12-10(16)7-2-3-8(11)17-7/h2-3,6H,4-5H2,1H3,(H,12,16). The van der Waals surface area contributed by atoms with E-state index in [0.29, 0.717) is 17.6 Å². The van der Waals surface area contributed by atoms with Crippen molar-refractivity contribution in [3.05, 3.63) is 34.7 Å². The minimum absolute atomic E-state index is 0.238. The number of nitrogens with zero attached hydrogens (tertiary/aromatic N) is 3. The van der Waals surface area contributed by atoms with E-state index in [2.05, 4.69) is 31.4 Å². The Morgan fingerprint density at radius 3 is 3.00 bits per heavy atom. The number of halogens is 1. The molecule has 0 radical (unpaired) electrons. The van der Waals surface area contributed by atoms with Crippen molar-refractivity contribution in [2.75, 3.05) is 6.54 Å². The van der Waals surface area contributed by atoms with E-state index in [1.165, 1.54) is 0 Å². The number of hydrogen-bond acceptors (Lipinski definition) is 4. The first-order valence-corrected chi connectivity index (χ1v) is 5.82. The van der Waals surface area contributed by atoms with Crippen molar-refractivity contribution in [1.82, 2.24) is 20.1 Å². The fourth-order valence-electron chi connectivity index (χ4n) is 1.34. The number of carbonyl (C=O) groups is 1. The molecule has 1 N–H and O–H groups in total. The normalized spacial score (nSPS) is 10.5. The summed E-state index contributed by atoms with van der Waals surface area (Å²) < 4.78 is 7.48. The summed E-state index contributed by atoms with van der Waals surface area (Å²) in [6.07, 6.45) is 2.25. The minimum atomic E-state index is -0.238. The van der Waals surface area contributed by atoms with E-state index >= 15 is 0 Å². The van der Waals surface area contributed by atoms with Gasteiger partial charge in [-0.05, 0) is 28.1 Å². The number of carbonyl (C=O) groups excluding carboxylic acids is 1. The second kappa shape index (κ2) is 5.13. The molecule has 2 heterocycles. The Morgan fingerprint density at radius 1 is 1.59 bits per heavy atom. The molecular weight excluding hydrogens is 288 g/mol. The van der Waals surface area contributed by atoms with Crippen LogP contribution in [0.3, 0.4) is 0 Å². The highest BCUT2D eigenvalue weighted by Crippen LogP contribution is 2.13. The van der Waals surface area contributed by atoms with Crippen LogP contribution in [0.4, 0.5) is 0 Å². The Labute approximate surface area is 106 Å². The summed E-state index contributed by atoms with van der Waals surface area (Å²) in [5, 5.41) is 10.4. The van der Waals surface area contributed by atoms with Crippen LogP contribution in [0, 0.1) is 0 Å². The van der Waals surface area contributed by atoms with Gasteiger partial charge in [0.1, 0.15) is 12.2 Å². The fraction of sp³-hybridized carbons (Fsp3) is 0.300. The lowest BCUT2D eigenvalue weighted by atomic mass is 10.3. The Bertz CT molecular complexity index is 520. The highest BCUT2D eigenvalue weighted by Gasteiger charge is 2.10. The third-order valence-electron chi connectivity index (χ3n) is 2.24. The minimum Gasteiger partial charge on any atom is -0.444 e. The molecule has 0 aliphatic carbocycles. The molecule has 0 saturated carbocycles. The van der Waals surface area contributed by atoms with Crippen LogP contribution in [0.25, 0.3) is 0 Å². The number of amides is 1. The van der Waals surface area contributed by atoms with Crippen molar-refractivity contribution < 1.29 is 9.21 Å². The fourth-order valence-corrected chi connectivity index (χ4v) is 1.65. The van der Waals surface area contributed by atoms with Gasteiger partial charge in [-0.3, -0.25) is 4.79 Å². The molecule has 0 bridgehead atoms. The van der Waals surface area contributed by atoms with Gasteiger partial charge < -0.3 is 14.3 Å². The molecule has 0 aliphatic rings. The van der Waals surface area contributed by atoms with Gasteiger partial charge in [0.25, 0.3) is 5.91 Å². The van der Waals surface area contributed by atoms with E-state index in [1.807, 2.05) is 11.6 Å². The molecule has 0 aliphatic heterocycles.